The third kappa shape index (κ3) is 4.24. The standard InChI is InChI=1S/C20H23NO4/c1-14(15-6-7-18-19(13-15)25-11-10-24-18)8-9-21-20(22)16-4-3-5-17(12-16)23-2/h3-7,12-14H,8-11H2,1-2H3,(H,21,22). The van der Waals surface area contributed by atoms with Crippen LogP contribution in [0.15, 0.2) is 42.5 Å². The Bertz CT molecular complexity index is 744. The average molecular weight is 341 g/mol. The number of hydrogen-bond acceptors (Lipinski definition) is 4. The van der Waals surface area contributed by atoms with Crippen LogP contribution >= 0.6 is 0 Å². The molecule has 0 saturated heterocycles. The van der Waals surface area contributed by atoms with Gasteiger partial charge in [0.15, 0.2) is 11.5 Å². The normalized spacial score (nSPS) is 13.8. The van der Waals surface area contributed by atoms with E-state index in [2.05, 4.69) is 18.3 Å². The summed E-state index contributed by atoms with van der Waals surface area (Å²) >= 11 is 0. The van der Waals surface area contributed by atoms with Crippen molar-refractivity contribution in [1.82, 2.24) is 5.32 Å². The van der Waals surface area contributed by atoms with Gasteiger partial charge in [0.25, 0.3) is 5.91 Å². The van der Waals surface area contributed by atoms with Gasteiger partial charge in [0.2, 0.25) is 0 Å². The van der Waals surface area contributed by atoms with Crippen molar-refractivity contribution in [2.75, 3.05) is 26.9 Å². The van der Waals surface area contributed by atoms with E-state index in [9.17, 15) is 4.79 Å². The minimum Gasteiger partial charge on any atom is -0.497 e. The SMILES string of the molecule is COc1cccc(C(=O)NCCC(C)c2ccc3c(c2)OCCO3)c1. The summed E-state index contributed by atoms with van der Waals surface area (Å²) in [5.41, 5.74) is 1.78. The molecule has 0 radical (unpaired) electrons. The lowest BCUT2D eigenvalue weighted by molar-refractivity contribution is 0.0952. The predicted octanol–water partition coefficient (Wildman–Crippen LogP) is 3.39. The molecule has 132 valence electrons. The number of nitrogens with one attached hydrogen (secondary N) is 1. The van der Waals surface area contributed by atoms with Crippen molar-refractivity contribution >= 4 is 5.91 Å². The van der Waals surface area contributed by atoms with Crippen LogP contribution in [0.4, 0.5) is 0 Å². The van der Waals surface area contributed by atoms with E-state index in [1.807, 2.05) is 24.3 Å². The van der Waals surface area contributed by atoms with Crippen LogP contribution < -0.4 is 19.5 Å². The van der Waals surface area contributed by atoms with E-state index in [0.717, 1.165) is 17.9 Å². The van der Waals surface area contributed by atoms with Gasteiger partial charge in [-0.25, -0.2) is 0 Å². The lowest BCUT2D eigenvalue weighted by atomic mass is 9.97. The van der Waals surface area contributed by atoms with Gasteiger partial charge in [-0.15, -0.1) is 0 Å². The number of methoxy groups -OCH3 is 1. The topological polar surface area (TPSA) is 56.8 Å². The number of fused-ring (bicyclic) bond motifs is 1. The Morgan fingerprint density at radius 3 is 2.76 bits per heavy atom. The van der Waals surface area contributed by atoms with Crippen molar-refractivity contribution in [3.8, 4) is 17.2 Å². The molecule has 2 aromatic carbocycles. The van der Waals surface area contributed by atoms with E-state index >= 15 is 0 Å². The molecule has 1 amide bonds. The first-order valence-corrected chi connectivity index (χ1v) is 8.49. The molecular formula is C20H23NO4. The summed E-state index contributed by atoms with van der Waals surface area (Å²) in [7, 11) is 1.59. The molecule has 1 atom stereocenters. The van der Waals surface area contributed by atoms with Crippen LogP contribution in [0.5, 0.6) is 17.2 Å². The summed E-state index contributed by atoms with van der Waals surface area (Å²) in [6.07, 6.45) is 0.843. The molecule has 1 aliphatic rings. The smallest absolute Gasteiger partial charge is 0.251 e. The number of carbonyl (C=O) groups is 1. The van der Waals surface area contributed by atoms with Gasteiger partial charge in [0.05, 0.1) is 7.11 Å². The zero-order valence-corrected chi connectivity index (χ0v) is 14.6. The summed E-state index contributed by atoms with van der Waals surface area (Å²) in [6, 6.07) is 13.2. The lowest BCUT2D eigenvalue weighted by Gasteiger charge is -2.20. The van der Waals surface area contributed by atoms with E-state index in [4.69, 9.17) is 14.2 Å². The summed E-state index contributed by atoms with van der Waals surface area (Å²) in [6.45, 7) is 3.92. The number of amides is 1. The summed E-state index contributed by atoms with van der Waals surface area (Å²) in [4.78, 5) is 12.2. The van der Waals surface area contributed by atoms with Crippen molar-refractivity contribution in [2.45, 2.75) is 19.3 Å². The van der Waals surface area contributed by atoms with Gasteiger partial charge in [-0.05, 0) is 48.2 Å². The predicted molar refractivity (Wildman–Crippen MR) is 95.8 cm³/mol. The van der Waals surface area contributed by atoms with Crippen LogP contribution in [-0.4, -0.2) is 32.8 Å². The first-order valence-electron chi connectivity index (χ1n) is 8.49. The zero-order chi connectivity index (χ0) is 17.6. The summed E-state index contributed by atoms with van der Waals surface area (Å²) < 4.78 is 16.3. The van der Waals surface area contributed by atoms with E-state index in [-0.39, 0.29) is 5.91 Å². The fraction of sp³-hybridized carbons (Fsp3) is 0.350. The number of ether oxygens (including phenoxy) is 3. The van der Waals surface area contributed by atoms with E-state index in [1.165, 1.54) is 5.56 Å². The third-order valence-corrected chi connectivity index (χ3v) is 4.33. The molecule has 1 aliphatic heterocycles. The second kappa shape index (κ2) is 7.92. The molecule has 0 fully saturated rings. The van der Waals surface area contributed by atoms with Crippen LogP contribution in [0.3, 0.4) is 0 Å². The molecule has 25 heavy (non-hydrogen) atoms. The molecular weight excluding hydrogens is 318 g/mol. The lowest BCUT2D eigenvalue weighted by Crippen LogP contribution is -2.25. The Morgan fingerprint density at radius 1 is 1.16 bits per heavy atom. The van der Waals surface area contributed by atoms with Gasteiger partial charge in [-0.1, -0.05) is 19.1 Å². The van der Waals surface area contributed by atoms with Gasteiger partial charge in [-0.3, -0.25) is 4.79 Å². The quantitative estimate of drug-likeness (QED) is 0.875. The second-order valence-corrected chi connectivity index (χ2v) is 6.08. The minimum absolute atomic E-state index is 0.0896. The molecule has 0 bridgehead atoms. The van der Waals surface area contributed by atoms with Crippen molar-refractivity contribution in [3.63, 3.8) is 0 Å². The van der Waals surface area contributed by atoms with Gasteiger partial charge in [-0.2, -0.15) is 0 Å². The van der Waals surface area contributed by atoms with Gasteiger partial charge < -0.3 is 19.5 Å². The molecule has 1 unspecified atom stereocenters. The van der Waals surface area contributed by atoms with Crippen LogP contribution in [0.2, 0.25) is 0 Å². The molecule has 0 spiro atoms. The highest BCUT2D eigenvalue weighted by molar-refractivity contribution is 5.94. The molecule has 3 rings (SSSR count). The molecule has 0 saturated carbocycles. The summed E-state index contributed by atoms with van der Waals surface area (Å²) in [5, 5.41) is 2.96. The Morgan fingerprint density at radius 2 is 1.96 bits per heavy atom. The van der Waals surface area contributed by atoms with Crippen molar-refractivity contribution in [3.05, 3.63) is 53.6 Å². The van der Waals surface area contributed by atoms with Gasteiger partial charge >= 0.3 is 0 Å². The number of carbonyl (C=O) groups excluding carboxylic acids is 1. The fourth-order valence-corrected chi connectivity index (χ4v) is 2.80. The Balaban J connectivity index is 1.53. The summed E-state index contributed by atoms with van der Waals surface area (Å²) in [5.74, 6) is 2.50. The minimum atomic E-state index is -0.0896. The molecule has 1 N–H and O–H groups in total. The highest BCUT2D eigenvalue weighted by Gasteiger charge is 2.15. The van der Waals surface area contributed by atoms with Crippen LogP contribution in [0.25, 0.3) is 0 Å². The first-order chi connectivity index (χ1) is 12.2. The molecule has 0 aliphatic carbocycles. The fourth-order valence-electron chi connectivity index (χ4n) is 2.80. The van der Waals surface area contributed by atoms with Crippen LogP contribution in [-0.2, 0) is 0 Å². The first kappa shape index (κ1) is 17.1. The van der Waals surface area contributed by atoms with Crippen molar-refractivity contribution < 1.29 is 19.0 Å². The molecule has 1 heterocycles. The van der Waals surface area contributed by atoms with E-state index in [1.54, 1.807) is 19.2 Å². The van der Waals surface area contributed by atoms with E-state index in [0.29, 0.717) is 37.0 Å². The van der Waals surface area contributed by atoms with E-state index < -0.39 is 0 Å². The molecule has 5 nitrogen and oxygen atoms in total. The second-order valence-electron chi connectivity index (χ2n) is 6.08. The van der Waals surface area contributed by atoms with Gasteiger partial charge in [0.1, 0.15) is 19.0 Å². The molecule has 2 aromatic rings. The largest absolute Gasteiger partial charge is 0.497 e. The number of rotatable bonds is 6. The third-order valence-electron chi connectivity index (χ3n) is 4.33. The van der Waals surface area contributed by atoms with Crippen molar-refractivity contribution in [1.29, 1.82) is 0 Å². The number of benzene rings is 2. The average Bonchev–Trinajstić information content (AvgIpc) is 2.67. The highest BCUT2D eigenvalue weighted by Crippen LogP contribution is 2.33. The molecule has 5 heteroatoms. The Kier molecular flexibility index (Phi) is 5.43. The monoisotopic (exact) mass is 341 g/mol. The number of hydrogen-bond donors (Lipinski definition) is 1. The van der Waals surface area contributed by atoms with Crippen LogP contribution in [0.1, 0.15) is 35.2 Å². The maximum Gasteiger partial charge on any atom is 0.251 e. The van der Waals surface area contributed by atoms with Gasteiger partial charge in [0, 0.05) is 12.1 Å². The molecule has 0 aromatic heterocycles. The Labute approximate surface area is 147 Å². The highest BCUT2D eigenvalue weighted by atomic mass is 16.6. The maximum absolute atomic E-state index is 12.2. The van der Waals surface area contributed by atoms with Crippen LogP contribution in [0, 0.1) is 0 Å². The van der Waals surface area contributed by atoms with Crippen molar-refractivity contribution in [2.24, 2.45) is 0 Å². The Hall–Kier alpha value is -2.69. The zero-order valence-electron chi connectivity index (χ0n) is 14.6. The maximum atomic E-state index is 12.2.